The second-order valence-electron chi connectivity index (χ2n) is 3.82. The molecule has 0 radical (unpaired) electrons. The first-order valence-corrected chi connectivity index (χ1v) is 6.14. The molecule has 12 heavy (non-hydrogen) atoms. The summed E-state index contributed by atoms with van der Waals surface area (Å²) in [4.78, 5) is 0. The molecule has 1 aliphatic carbocycles. The Morgan fingerprint density at radius 1 is 1.50 bits per heavy atom. The third-order valence-corrected chi connectivity index (χ3v) is 4.15. The minimum absolute atomic E-state index is 0.326. The molecule has 0 amide bonds. The van der Waals surface area contributed by atoms with Crippen molar-refractivity contribution in [2.24, 2.45) is 5.92 Å². The number of alkyl halides is 1. The van der Waals surface area contributed by atoms with Gasteiger partial charge in [-0.05, 0) is 32.6 Å². The van der Waals surface area contributed by atoms with E-state index in [4.69, 9.17) is 11.6 Å². The predicted octanol–water partition coefficient (Wildman–Crippen LogP) is 1.29. The van der Waals surface area contributed by atoms with E-state index in [2.05, 4.69) is 4.72 Å². The van der Waals surface area contributed by atoms with Gasteiger partial charge in [-0.2, -0.15) is 0 Å². The molecule has 5 heteroatoms. The van der Waals surface area contributed by atoms with Crippen LogP contribution in [0.25, 0.3) is 0 Å². The highest BCUT2D eigenvalue weighted by Crippen LogP contribution is 2.39. The molecule has 1 rings (SSSR count). The maximum Gasteiger partial charge on any atom is 0.226 e. The number of sulfonamides is 1. The Morgan fingerprint density at radius 3 is 2.33 bits per heavy atom. The molecule has 0 unspecified atom stereocenters. The molecule has 3 nitrogen and oxygen atoms in total. The zero-order chi connectivity index (χ0) is 9.41. The maximum atomic E-state index is 11.1. The van der Waals surface area contributed by atoms with Crippen molar-refractivity contribution in [2.45, 2.75) is 32.2 Å². The molecular weight excluding hydrogens is 198 g/mol. The summed E-state index contributed by atoms with van der Waals surface area (Å²) in [6, 6.07) is 0. The molecule has 0 bridgehead atoms. The SMILES string of the molecule is CC(C)(NS(=O)(=O)CCl)C1CC1. The second kappa shape index (κ2) is 3.16. The van der Waals surface area contributed by atoms with E-state index in [1.54, 1.807) is 0 Å². The minimum Gasteiger partial charge on any atom is -0.211 e. The van der Waals surface area contributed by atoms with Crippen LogP contribution in [-0.4, -0.2) is 19.2 Å². The van der Waals surface area contributed by atoms with Crippen molar-refractivity contribution in [1.29, 1.82) is 0 Å². The third kappa shape index (κ3) is 2.61. The van der Waals surface area contributed by atoms with Gasteiger partial charge in [0.15, 0.2) is 0 Å². The van der Waals surface area contributed by atoms with Crippen LogP contribution in [-0.2, 0) is 10.0 Å². The molecule has 1 aliphatic rings. The Hall–Kier alpha value is 0.200. The summed E-state index contributed by atoms with van der Waals surface area (Å²) in [5.41, 5.74) is -0.326. The number of nitrogens with one attached hydrogen (secondary N) is 1. The number of hydrogen-bond acceptors (Lipinski definition) is 2. The molecule has 1 fully saturated rings. The first kappa shape index (κ1) is 10.3. The van der Waals surface area contributed by atoms with Gasteiger partial charge in [-0.25, -0.2) is 13.1 Å². The van der Waals surface area contributed by atoms with Crippen molar-refractivity contribution in [3.63, 3.8) is 0 Å². The van der Waals surface area contributed by atoms with Crippen LogP contribution in [0, 0.1) is 5.92 Å². The largest absolute Gasteiger partial charge is 0.226 e. The smallest absolute Gasteiger partial charge is 0.211 e. The highest BCUT2D eigenvalue weighted by Gasteiger charge is 2.39. The lowest BCUT2D eigenvalue weighted by molar-refractivity contribution is 0.401. The molecule has 0 saturated heterocycles. The van der Waals surface area contributed by atoms with Crippen molar-refractivity contribution in [3.8, 4) is 0 Å². The van der Waals surface area contributed by atoms with Crippen LogP contribution in [0.3, 0.4) is 0 Å². The van der Waals surface area contributed by atoms with Gasteiger partial charge in [0.2, 0.25) is 10.0 Å². The van der Waals surface area contributed by atoms with Crippen LogP contribution in [0.2, 0.25) is 0 Å². The number of rotatable bonds is 4. The lowest BCUT2D eigenvalue weighted by atomic mass is 10.0. The third-order valence-electron chi connectivity index (χ3n) is 2.16. The average molecular weight is 212 g/mol. The summed E-state index contributed by atoms with van der Waals surface area (Å²) in [7, 11) is -3.27. The second-order valence-corrected chi connectivity index (χ2v) is 6.13. The monoisotopic (exact) mass is 211 g/mol. The molecular formula is C7H14ClNO2S. The average Bonchev–Trinajstić information content (AvgIpc) is 2.65. The van der Waals surface area contributed by atoms with Gasteiger partial charge in [0, 0.05) is 5.54 Å². The van der Waals surface area contributed by atoms with E-state index in [1.165, 1.54) is 0 Å². The van der Waals surface area contributed by atoms with Gasteiger partial charge < -0.3 is 0 Å². The molecule has 0 atom stereocenters. The lowest BCUT2D eigenvalue weighted by Crippen LogP contribution is -2.45. The van der Waals surface area contributed by atoms with Gasteiger partial charge in [-0.3, -0.25) is 0 Å². The Kier molecular flexibility index (Phi) is 2.71. The van der Waals surface area contributed by atoms with E-state index in [0.717, 1.165) is 12.8 Å². The van der Waals surface area contributed by atoms with Gasteiger partial charge >= 0.3 is 0 Å². The van der Waals surface area contributed by atoms with E-state index in [1.807, 2.05) is 13.8 Å². The highest BCUT2D eigenvalue weighted by atomic mass is 35.5. The fraction of sp³-hybridized carbons (Fsp3) is 1.00. The minimum atomic E-state index is -3.27. The number of hydrogen-bond donors (Lipinski definition) is 1. The van der Waals surface area contributed by atoms with Crippen LogP contribution in [0.4, 0.5) is 0 Å². The predicted molar refractivity (Wildman–Crippen MR) is 49.6 cm³/mol. The van der Waals surface area contributed by atoms with Crippen molar-refractivity contribution >= 4 is 21.6 Å². The summed E-state index contributed by atoms with van der Waals surface area (Å²) < 4.78 is 24.8. The Balaban J connectivity index is 2.60. The van der Waals surface area contributed by atoms with Crippen molar-refractivity contribution in [2.75, 3.05) is 5.21 Å². The summed E-state index contributed by atoms with van der Waals surface area (Å²) in [6.45, 7) is 3.80. The fourth-order valence-electron chi connectivity index (χ4n) is 1.32. The normalized spacial score (nSPS) is 19.6. The van der Waals surface area contributed by atoms with E-state index in [9.17, 15) is 8.42 Å². The van der Waals surface area contributed by atoms with Crippen LogP contribution < -0.4 is 4.72 Å². The summed E-state index contributed by atoms with van der Waals surface area (Å²) in [6.07, 6.45) is 2.22. The van der Waals surface area contributed by atoms with Gasteiger partial charge in [0.25, 0.3) is 0 Å². The van der Waals surface area contributed by atoms with E-state index >= 15 is 0 Å². The summed E-state index contributed by atoms with van der Waals surface area (Å²) in [5.74, 6) is 0.482. The number of halogens is 1. The Morgan fingerprint density at radius 2 is 2.00 bits per heavy atom. The molecule has 72 valence electrons. The van der Waals surface area contributed by atoms with Gasteiger partial charge in [0.1, 0.15) is 5.21 Å². The van der Waals surface area contributed by atoms with Gasteiger partial charge in [0.05, 0.1) is 0 Å². The molecule has 1 saturated carbocycles. The zero-order valence-electron chi connectivity index (χ0n) is 7.30. The van der Waals surface area contributed by atoms with Crippen LogP contribution >= 0.6 is 11.6 Å². The molecule has 0 aromatic rings. The van der Waals surface area contributed by atoms with E-state index < -0.39 is 10.0 Å². The molecule has 0 aromatic heterocycles. The van der Waals surface area contributed by atoms with Crippen molar-refractivity contribution < 1.29 is 8.42 Å². The molecule has 0 spiro atoms. The topological polar surface area (TPSA) is 46.2 Å². The Bertz CT molecular complexity index is 257. The van der Waals surface area contributed by atoms with Crippen molar-refractivity contribution in [3.05, 3.63) is 0 Å². The quantitative estimate of drug-likeness (QED) is 0.713. The molecule has 0 aliphatic heterocycles. The van der Waals surface area contributed by atoms with E-state index in [0.29, 0.717) is 5.92 Å². The lowest BCUT2D eigenvalue weighted by Gasteiger charge is -2.24. The summed E-state index contributed by atoms with van der Waals surface area (Å²) in [5, 5.41) is -0.358. The van der Waals surface area contributed by atoms with Crippen LogP contribution in [0.5, 0.6) is 0 Å². The highest BCUT2D eigenvalue weighted by molar-refractivity contribution is 7.90. The summed E-state index contributed by atoms with van der Waals surface area (Å²) >= 11 is 5.27. The first-order chi connectivity index (χ1) is 5.37. The molecule has 1 N–H and O–H groups in total. The zero-order valence-corrected chi connectivity index (χ0v) is 8.87. The maximum absolute atomic E-state index is 11.1. The molecule has 0 aromatic carbocycles. The van der Waals surface area contributed by atoms with Crippen LogP contribution in [0.1, 0.15) is 26.7 Å². The van der Waals surface area contributed by atoms with Crippen LogP contribution in [0.15, 0.2) is 0 Å². The van der Waals surface area contributed by atoms with E-state index in [-0.39, 0.29) is 10.8 Å². The van der Waals surface area contributed by atoms with Crippen molar-refractivity contribution in [1.82, 2.24) is 4.72 Å². The Labute approximate surface area is 78.5 Å². The van der Waals surface area contributed by atoms with Gasteiger partial charge in [-0.15, -0.1) is 11.6 Å². The molecule has 0 heterocycles. The van der Waals surface area contributed by atoms with Gasteiger partial charge in [-0.1, -0.05) is 0 Å². The standard InChI is InChI=1S/C7H14ClNO2S/c1-7(2,6-3-4-6)9-12(10,11)5-8/h6,9H,3-5H2,1-2H3. The fourth-order valence-corrected chi connectivity index (χ4v) is 2.50. The first-order valence-electron chi connectivity index (χ1n) is 3.95.